The summed E-state index contributed by atoms with van der Waals surface area (Å²) >= 11 is 0. The summed E-state index contributed by atoms with van der Waals surface area (Å²) in [5.74, 6) is -1.70. The molecule has 0 aliphatic heterocycles. The summed E-state index contributed by atoms with van der Waals surface area (Å²) in [6.07, 6.45) is -2.60. The summed E-state index contributed by atoms with van der Waals surface area (Å²) in [4.78, 5) is 11.1. The van der Waals surface area contributed by atoms with E-state index in [2.05, 4.69) is 5.32 Å². The summed E-state index contributed by atoms with van der Waals surface area (Å²) in [7, 11) is -5.54. The molecule has 0 bridgehead atoms. The number of halogens is 4. The summed E-state index contributed by atoms with van der Waals surface area (Å²) in [6, 6.07) is 2.65. The van der Waals surface area contributed by atoms with Crippen LogP contribution in [0.15, 0.2) is 29.2 Å². The molecule has 1 aliphatic carbocycles. The quantitative estimate of drug-likeness (QED) is 0.577. The summed E-state index contributed by atoms with van der Waals surface area (Å²) in [5, 5.41) is 21.3. The number of carbonyl (C=O) groups excluding carboxylic acids is 1. The third-order valence-electron chi connectivity index (χ3n) is 3.80. The third-order valence-corrected chi connectivity index (χ3v) is 5.29. The van der Waals surface area contributed by atoms with Crippen molar-refractivity contribution in [1.82, 2.24) is 0 Å². The van der Waals surface area contributed by atoms with Crippen molar-refractivity contribution in [1.29, 1.82) is 0 Å². The number of aliphatic hydroxyl groups excluding tert-OH is 2. The van der Waals surface area contributed by atoms with E-state index < -0.39 is 50.3 Å². The lowest BCUT2D eigenvalue weighted by molar-refractivity contribution is -0.120. The molecule has 1 aliphatic rings. The highest BCUT2D eigenvalue weighted by molar-refractivity contribution is 7.92. The second-order valence-electron chi connectivity index (χ2n) is 5.44. The first-order chi connectivity index (χ1) is 10.9. The second kappa shape index (κ2) is 7.46. The molecule has 0 heterocycles. The molecule has 1 fully saturated rings. The number of nitrogens with one attached hydrogen (secondary N) is 1. The average molecular weight is 405 g/mol. The molecule has 1 aromatic rings. The first-order valence-corrected chi connectivity index (χ1v) is 8.27. The molecular formula is C13H16ClF3N2O5S. The molecule has 1 saturated carbocycles. The number of amides is 1. The number of anilines is 1. The van der Waals surface area contributed by atoms with Crippen molar-refractivity contribution in [3.63, 3.8) is 0 Å². The van der Waals surface area contributed by atoms with Gasteiger partial charge in [-0.2, -0.15) is 13.2 Å². The van der Waals surface area contributed by atoms with E-state index >= 15 is 0 Å². The lowest BCUT2D eigenvalue weighted by Gasteiger charge is -2.17. The topological polar surface area (TPSA) is 130 Å². The van der Waals surface area contributed by atoms with Gasteiger partial charge in [-0.25, -0.2) is 8.42 Å². The van der Waals surface area contributed by atoms with Crippen LogP contribution in [0.1, 0.15) is 6.42 Å². The maximum atomic E-state index is 12.5. The van der Waals surface area contributed by atoms with E-state index in [1.807, 2.05) is 0 Å². The summed E-state index contributed by atoms with van der Waals surface area (Å²) < 4.78 is 60.4. The molecule has 1 amide bonds. The van der Waals surface area contributed by atoms with Gasteiger partial charge in [0.05, 0.1) is 23.0 Å². The van der Waals surface area contributed by atoms with Gasteiger partial charge in [0.15, 0.2) is 0 Å². The Morgan fingerprint density at radius 1 is 1.28 bits per heavy atom. The molecule has 4 unspecified atom stereocenters. The molecular weight excluding hydrogens is 389 g/mol. The zero-order valence-corrected chi connectivity index (χ0v) is 14.1. The number of carbonyl (C=O) groups is 1. The zero-order chi connectivity index (χ0) is 18.3. The lowest BCUT2D eigenvalue weighted by Crippen LogP contribution is -2.42. The van der Waals surface area contributed by atoms with Crippen LogP contribution in [0.4, 0.5) is 18.9 Å². The number of aliphatic hydroxyl groups is 2. The minimum Gasteiger partial charge on any atom is -0.390 e. The number of benzene rings is 1. The van der Waals surface area contributed by atoms with E-state index in [1.165, 1.54) is 6.07 Å². The largest absolute Gasteiger partial charge is 0.501 e. The summed E-state index contributed by atoms with van der Waals surface area (Å²) in [5.41, 5.74) is -0.0252. The van der Waals surface area contributed by atoms with E-state index in [9.17, 15) is 36.6 Å². The molecule has 5 N–H and O–H groups in total. The highest BCUT2D eigenvalue weighted by atomic mass is 35.5. The van der Waals surface area contributed by atoms with Crippen LogP contribution >= 0.6 is 12.4 Å². The van der Waals surface area contributed by atoms with Gasteiger partial charge in [-0.05, 0) is 24.6 Å². The van der Waals surface area contributed by atoms with Crippen LogP contribution < -0.4 is 11.1 Å². The first-order valence-electron chi connectivity index (χ1n) is 6.79. The Balaban J connectivity index is 0.00000312. The first kappa shape index (κ1) is 21.6. The number of hydrogen-bond acceptors (Lipinski definition) is 6. The molecule has 4 atom stereocenters. The number of hydrogen-bond donors (Lipinski definition) is 4. The van der Waals surface area contributed by atoms with E-state index in [1.54, 1.807) is 0 Å². The Hall–Kier alpha value is -1.40. The Kier molecular flexibility index (Phi) is 6.46. The van der Waals surface area contributed by atoms with E-state index in [0.717, 1.165) is 12.1 Å². The molecule has 0 spiro atoms. The van der Waals surface area contributed by atoms with Crippen molar-refractivity contribution in [2.75, 3.05) is 5.32 Å². The average Bonchev–Trinajstić information content (AvgIpc) is 2.74. The van der Waals surface area contributed by atoms with Crippen LogP contribution in [0, 0.1) is 5.92 Å². The minimum atomic E-state index is -5.54. The fraction of sp³-hybridized carbons (Fsp3) is 0.462. The van der Waals surface area contributed by atoms with Crippen molar-refractivity contribution in [2.45, 2.75) is 35.1 Å². The Labute approximate surface area is 147 Å². The fourth-order valence-corrected chi connectivity index (χ4v) is 3.25. The predicted molar refractivity (Wildman–Crippen MR) is 83.7 cm³/mol. The fourth-order valence-electron chi connectivity index (χ4n) is 2.44. The minimum absolute atomic E-state index is 0. The van der Waals surface area contributed by atoms with E-state index in [4.69, 9.17) is 5.73 Å². The highest BCUT2D eigenvalue weighted by Crippen LogP contribution is 2.32. The van der Waals surface area contributed by atoms with Crippen molar-refractivity contribution >= 4 is 33.8 Å². The van der Waals surface area contributed by atoms with Crippen molar-refractivity contribution in [3.8, 4) is 0 Å². The third kappa shape index (κ3) is 4.23. The second-order valence-corrected chi connectivity index (χ2v) is 7.38. The zero-order valence-electron chi connectivity index (χ0n) is 12.5. The van der Waals surface area contributed by atoms with Gasteiger partial charge in [0, 0.05) is 11.7 Å². The SMILES string of the molecule is Cl.NC1C(C(=O)Nc2cccc(S(=O)(=O)C(F)(F)F)c2)CC(O)C1O. The number of alkyl halides is 3. The van der Waals surface area contributed by atoms with Crippen LogP contribution in [0.25, 0.3) is 0 Å². The Bertz CT molecular complexity index is 743. The maximum absolute atomic E-state index is 12.5. The van der Waals surface area contributed by atoms with Crippen LogP contribution in [0.3, 0.4) is 0 Å². The molecule has 0 aromatic heterocycles. The predicted octanol–water partition coefficient (Wildman–Crippen LogP) is 0.409. The van der Waals surface area contributed by atoms with Gasteiger partial charge in [0.2, 0.25) is 5.91 Å². The monoisotopic (exact) mass is 404 g/mol. The normalized spacial score (nSPS) is 26.8. The Morgan fingerprint density at radius 3 is 2.36 bits per heavy atom. The van der Waals surface area contributed by atoms with Gasteiger partial charge in [-0.3, -0.25) is 4.79 Å². The van der Waals surface area contributed by atoms with Gasteiger partial charge in [0.1, 0.15) is 0 Å². The van der Waals surface area contributed by atoms with E-state index in [-0.39, 0.29) is 24.5 Å². The summed E-state index contributed by atoms with van der Waals surface area (Å²) in [6.45, 7) is 0. The lowest BCUT2D eigenvalue weighted by atomic mass is 10.0. The van der Waals surface area contributed by atoms with Crippen LogP contribution in [0.2, 0.25) is 0 Å². The molecule has 2 rings (SSSR count). The molecule has 0 saturated heterocycles. The number of nitrogens with two attached hydrogens (primary N) is 1. The van der Waals surface area contributed by atoms with Gasteiger partial charge < -0.3 is 21.3 Å². The molecule has 7 nitrogen and oxygen atoms in total. The molecule has 12 heteroatoms. The van der Waals surface area contributed by atoms with Gasteiger partial charge in [0.25, 0.3) is 9.84 Å². The van der Waals surface area contributed by atoms with Gasteiger partial charge in [-0.1, -0.05) is 6.07 Å². The van der Waals surface area contributed by atoms with Crippen LogP contribution in [0.5, 0.6) is 0 Å². The number of rotatable bonds is 3. The van der Waals surface area contributed by atoms with Crippen molar-refractivity contribution < 1.29 is 36.6 Å². The number of sulfone groups is 1. The van der Waals surface area contributed by atoms with E-state index in [0.29, 0.717) is 6.07 Å². The molecule has 25 heavy (non-hydrogen) atoms. The highest BCUT2D eigenvalue weighted by Gasteiger charge is 2.47. The standard InChI is InChI=1S/C13H15F3N2O5S.ClH/c14-13(15,16)24(22,23)7-3-1-2-6(4-7)18-12(21)8-5-9(19)11(20)10(8)17;/h1-4,8-11,19-20H,5,17H2,(H,18,21);1H. The van der Waals surface area contributed by atoms with Gasteiger partial charge in [-0.15, -0.1) is 12.4 Å². The molecule has 142 valence electrons. The van der Waals surface area contributed by atoms with Gasteiger partial charge >= 0.3 is 5.51 Å². The van der Waals surface area contributed by atoms with Crippen LogP contribution in [-0.2, 0) is 14.6 Å². The molecule has 1 aromatic carbocycles. The van der Waals surface area contributed by atoms with Crippen LogP contribution in [-0.4, -0.2) is 48.3 Å². The van der Waals surface area contributed by atoms with Crippen molar-refractivity contribution in [3.05, 3.63) is 24.3 Å². The smallest absolute Gasteiger partial charge is 0.390 e. The molecule has 0 radical (unpaired) electrons. The maximum Gasteiger partial charge on any atom is 0.501 e. The van der Waals surface area contributed by atoms with Crippen molar-refractivity contribution in [2.24, 2.45) is 11.7 Å². The Morgan fingerprint density at radius 2 is 1.88 bits per heavy atom.